The SMILES string of the molecule is Cc1ccnc2c1CNN2C(CC1CCOCC1)c1ccc(C2C=CC(C(C)C(C)(C)C)=CN2C)[nH]1. The van der Waals surface area contributed by atoms with Gasteiger partial charge in [-0.2, -0.15) is 0 Å². The van der Waals surface area contributed by atoms with E-state index in [1.807, 2.05) is 6.20 Å². The fourth-order valence-electron chi connectivity index (χ4n) is 5.74. The Morgan fingerprint density at radius 3 is 2.67 bits per heavy atom. The number of nitrogens with zero attached hydrogens (tertiary/aromatic N) is 3. The summed E-state index contributed by atoms with van der Waals surface area (Å²) >= 11 is 0. The maximum absolute atomic E-state index is 5.66. The van der Waals surface area contributed by atoms with Crippen LogP contribution in [0, 0.1) is 24.2 Å². The Labute approximate surface area is 216 Å². The van der Waals surface area contributed by atoms with Crippen LogP contribution in [0.5, 0.6) is 0 Å². The normalized spacial score (nSPS) is 22.5. The summed E-state index contributed by atoms with van der Waals surface area (Å²) in [5, 5.41) is 2.32. The van der Waals surface area contributed by atoms with Gasteiger partial charge in [-0.15, -0.1) is 0 Å². The molecule has 0 aromatic carbocycles. The second kappa shape index (κ2) is 10.1. The van der Waals surface area contributed by atoms with Gasteiger partial charge in [-0.1, -0.05) is 39.8 Å². The number of aryl methyl sites for hydroxylation is 1. The summed E-state index contributed by atoms with van der Waals surface area (Å²) < 4.78 is 5.66. The minimum absolute atomic E-state index is 0.197. The van der Waals surface area contributed by atoms with Crippen molar-refractivity contribution >= 4 is 5.82 Å². The highest BCUT2D eigenvalue weighted by molar-refractivity contribution is 5.54. The number of likely N-dealkylation sites (N-methyl/N-ethyl adjacent to an activating group) is 1. The topological polar surface area (TPSA) is 56.4 Å². The first kappa shape index (κ1) is 25.1. The summed E-state index contributed by atoms with van der Waals surface area (Å²) in [6.45, 7) is 14.0. The number of anilines is 1. The zero-order valence-electron chi connectivity index (χ0n) is 22.8. The minimum Gasteiger partial charge on any atom is -0.381 e. The van der Waals surface area contributed by atoms with Crippen molar-refractivity contribution in [3.05, 3.63) is 70.8 Å². The third kappa shape index (κ3) is 4.98. The summed E-state index contributed by atoms with van der Waals surface area (Å²) in [6, 6.07) is 7.07. The van der Waals surface area contributed by atoms with Crippen LogP contribution in [0.3, 0.4) is 0 Å². The molecule has 0 amide bonds. The van der Waals surface area contributed by atoms with Gasteiger partial charge in [-0.05, 0) is 72.8 Å². The van der Waals surface area contributed by atoms with Crippen LogP contribution in [0.1, 0.15) is 81.6 Å². The predicted octanol–water partition coefficient (Wildman–Crippen LogP) is 6.21. The zero-order chi connectivity index (χ0) is 25.4. The van der Waals surface area contributed by atoms with Crippen LogP contribution in [0.25, 0.3) is 0 Å². The molecule has 2 N–H and O–H groups in total. The van der Waals surface area contributed by atoms with Gasteiger partial charge in [0.1, 0.15) is 5.82 Å². The van der Waals surface area contributed by atoms with Gasteiger partial charge in [0, 0.05) is 56.2 Å². The van der Waals surface area contributed by atoms with Crippen molar-refractivity contribution in [2.75, 3.05) is 25.3 Å². The van der Waals surface area contributed by atoms with E-state index in [9.17, 15) is 0 Å². The average Bonchev–Trinajstić information content (AvgIpc) is 3.51. The number of hydrogen-bond donors (Lipinski definition) is 2. The van der Waals surface area contributed by atoms with Crippen LogP contribution in [0.2, 0.25) is 0 Å². The summed E-state index contributed by atoms with van der Waals surface area (Å²) in [6.07, 6.45) is 12.3. The summed E-state index contributed by atoms with van der Waals surface area (Å²) in [7, 11) is 2.19. The first-order valence-corrected chi connectivity index (χ1v) is 13.6. The third-order valence-corrected chi connectivity index (χ3v) is 8.60. The van der Waals surface area contributed by atoms with Crippen molar-refractivity contribution in [3.8, 4) is 0 Å². The van der Waals surface area contributed by atoms with Crippen LogP contribution < -0.4 is 10.4 Å². The summed E-state index contributed by atoms with van der Waals surface area (Å²) in [5.41, 5.74) is 10.4. The molecule has 6 heteroatoms. The fraction of sp³-hybridized carbons (Fsp3) is 0.567. The molecule has 5 heterocycles. The molecule has 1 fully saturated rings. The number of fused-ring (bicyclic) bond motifs is 1. The van der Waals surface area contributed by atoms with Gasteiger partial charge in [-0.3, -0.25) is 5.01 Å². The lowest BCUT2D eigenvalue weighted by molar-refractivity contribution is 0.0611. The molecule has 194 valence electrons. The van der Waals surface area contributed by atoms with Crippen LogP contribution in [-0.4, -0.2) is 35.1 Å². The standard InChI is InChI=1S/C30H43N5O/c1-20-11-14-31-29-24(20)18-32-35(29)28(17-22-12-15-36-16-13-22)26-9-8-25(33-26)27-10-7-23(19-34(27)6)21(2)30(3,4)5/h7-11,14,19,21-22,27-28,32-33H,12-13,15-18H2,1-6H3. The number of aromatic amines is 1. The van der Waals surface area contributed by atoms with Crippen LogP contribution in [0.15, 0.2) is 48.3 Å². The molecule has 0 radical (unpaired) electrons. The lowest BCUT2D eigenvalue weighted by Gasteiger charge is -2.34. The van der Waals surface area contributed by atoms with E-state index in [2.05, 4.69) is 98.5 Å². The van der Waals surface area contributed by atoms with E-state index in [4.69, 9.17) is 9.72 Å². The molecule has 0 aliphatic carbocycles. The van der Waals surface area contributed by atoms with Crippen molar-refractivity contribution in [3.63, 3.8) is 0 Å². The number of H-pyrrole nitrogens is 1. The van der Waals surface area contributed by atoms with E-state index in [-0.39, 0.29) is 17.5 Å². The zero-order valence-corrected chi connectivity index (χ0v) is 22.8. The fourth-order valence-corrected chi connectivity index (χ4v) is 5.74. The number of rotatable bonds is 6. The van der Waals surface area contributed by atoms with Gasteiger partial charge < -0.3 is 14.6 Å². The van der Waals surface area contributed by atoms with E-state index >= 15 is 0 Å². The van der Waals surface area contributed by atoms with Gasteiger partial charge in [0.2, 0.25) is 0 Å². The highest BCUT2D eigenvalue weighted by Gasteiger charge is 2.33. The number of aromatic nitrogens is 2. The molecule has 3 aliphatic rings. The third-order valence-electron chi connectivity index (χ3n) is 8.60. The monoisotopic (exact) mass is 489 g/mol. The van der Waals surface area contributed by atoms with Crippen LogP contribution >= 0.6 is 0 Å². The Kier molecular flexibility index (Phi) is 7.01. The quantitative estimate of drug-likeness (QED) is 0.505. The van der Waals surface area contributed by atoms with Crippen molar-refractivity contribution in [1.29, 1.82) is 0 Å². The van der Waals surface area contributed by atoms with Crippen LogP contribution in [-0.2, 0) is 11.3 Å². The van der Waals surface area contributed by atoms with Gasteiger partial charge in [0.25, 0.3) is 0 Å². The van der Waals surface area contributed by atoms with Gasteiger partial charge >= 0.3 is 0 Å². The van der Waals surface area contributed by atoms with Crippen molar-refractivity contribution in [2.24, 2.45) is 17.3 Å². The molecule has 3 unspecified atom stereocenters. The molecule has 2 aromatic heterocycles. The number of nitrogens with one attached hydrogen (secondary N) is 2. The first-order chi connectivity index (χ1) is 17.2. The number of ether oxygens (including phenoxy) is 1. The number of hydrogen-bond acceptors (Lipinski definition) is 5. The van der Waals surface area contributed by atoms with Crippen molar-refractivity contribution in [2.45, 2.75) is 72.5 Å². The van der Waals surface area contributed by atoms with Gasteiger partial charge in [-0.25, -0.2) is 10.4 Å². The lowest BCUT2D eigenvalue weighted by Crippen LogP contribution is -2.38. The van der Waals surface area contributed by atoms with E-state index in [0.717, 1.165) is 44.8 Å². The van der Waals surface area contributed by atoms with E-state index in [1.54, 1.807) is 0 Å². The molecular weight excluding hydrogens is 446 g/mol. The van der Waals surface area contributed by atoms with Gasteiger partial charge in [0.05, 0.1) is 12.1 Å². The number of hydrazine groups is 1. The molecule has 0 bridgehead atoms. The number of allylic oxidation sites excluding steroid dienone is 2. The van der Waals surface area contributed by atoms with E-state index in [0.29, 0.717) is 11.8 Å². The Bertz CT molecular complexity index is 1120. The Balaban J connectivity index is 1.40. The molecule has 3 aliphatic heterocycles. The Morgan fingerprint density at radius 2 is 1.94 bits per heavy atom. The van der Waals surface area contributed by atoms with E-state index in [1.165, 1.54) is 28.1 Å². The molecule has 1 saturated heterocycles. The largest absolute Gasteiger partial charge is 0.381 e. The second-order valence-electron chi connectivity index (χ2n) is 12.0. The smallest absolute Gasteiger partial charge is 0.148 e. The number of pyridine rings is 1. The summed E-state index contributed by atoms with van der Waals surface area (Å²) in [4.78, 5) is 11.0. The molecule has 6 nitrogen and oxygen atoms in total. The first-order valence-electron chi connectivity index (χ1n) is 13.6. The molecule has 0 saturated carbocycles. The highest BCUT2D eigenvalue weighted by atomic mass is 16.5. The van der Waals surface area contributed by atoms with Crippen molar-refractivity contribution in [1.82, 2.24) is 20.3 Å². The lowest BCUT2D eigenvalue weighted by atomic mass is 9.77. The molecule has 36 heavy (non-hydrogen) atoms. The van der Waals surface area contributed by atoms with Crippen molar-refractivity contribution < 1.29 is 4.74 Å². The Hall–Kier alpha value is -2.57. The Morgan fingerprint density at radius 1 is 1.17 bits per heavy atom. The molecule has 2 aromatic rings. The van der Waals surface area contributed by atoms with E-state index < -0.39 is 0 Å². The maximum atomic E-state index is 5.66. The molecular formula is C30H43N5O. The molecule has 5 rings (SSSR count). The van der Waals surface area contributed by atoms with Crippen LogP contribution in [0.4, 0.5) is 5.82 Å². The summed E-state index contributed by atoms with van der Waals surface area (Å²) in [5.74, 6) is 2.21. The second-order valence-corrected chi connectivity index (χ2v) is 12.0. The molecule has 3 atom stereocenters. The average molecular weight is 490 g/mol. The maximum Gasteiger partial charge on any atom is 0.148 e. The van der Waals surface area contributed by atoms with Gasteiger partial charge in [0.15, 0.2) is 0 Å². The minimum atomic E-state index is 0.197. The predicted molar refractivity (Wildman–Crippen MR) is 146 cm³/mol. The molecule has 0 spiro atoms. The highest BCUT2D eigenvalue weighted by Crippen LogP contribution is 2.39.